The molecule has 0 aromatic carbocycles. The van der Waals surface area contributed by atoms with Gasteiger partial charge in [0.2, 0.25) is 0 Å². The van der Waals surface area contributed by atoms with Crippen molar-refractivity contribution in [3.8, 4) is 0 Å². The maximum atomic E-state index is 4.34. The summed E-state index contributed by atoms with van der Waals surface area (Å²) in [4.78, 5) is 10.9. The van der Waals surface area contributed by atoms with Crippen LogP contribution in [0.2, 0.25) is 0 Å². The third-order valence-electron chi connectivity index (χ3n) is 3.29. The van der Waals surface area contributed by atoms with Gasteiger partial charge in [-0.1, -0.05) is 0 Å². The summed E-state index contributed by atoms with van der Waals surface area (Å²) in [5, 5.41) is 7.47. The van der Waals surface area contributed by atoms with E-state index in [0.717, 1.165) is 37.8 Å². The Morgan fingerprint density at radius 2 is 2.11 bits per heavy atom. The number of hydrogen-bond donors (Lipinski definition) is 1. The Morgan fingerprint density at radius 3 is 2.89 bits per heavy atom. The predicted octanol–water partition coefficient (Wildman–Crippen LogP) is 1.39. The van der Waals surface area contributed by atoms with E-state index in [1.807, 2.05) is 23.0 Å². The molecule has 1 aliphatic rings. The van der Waals surface area contributed by atoms with Gasteiger partial charge in [0.05, 0.1) is 6.54 Å². The third-order valence-corrected chi connectivity index (χ3v) is 3.29. The first-order valence-corrected chi connectivity index (χ1v) is 6.70. The van der Waals surface area contributed by atoms with Gasteiger partial charge in [-0.25, -0.2) is 9.97 Å². The molecule has 3 rings (SSSR count). The molecule has 2 aromatic rings. The summed E-state index contributed by atoms with van der Waals surface area (Å²) in [5.41, 5.74) is 0. The van der Waals surface area contributed by atoms with Gasteiger partial charge in [-0.2, -0.15) is 5.10 Å². The van der Waals surface area contributed by atoms with Crippen LogP contribution in [0, 0.1) is 0 Å². The highest BCUT2D eigenvalue weighted by molar-refractivity contribution is 5.48. The van der Waals surface area contributed by atoms with Crippen molar-refractivity contribution in [1.29, 1.82) is 0 Å². The number of nitrogens with zero attached hydrogens (tertiary/aromatic N) is 5. The fraction of sp³-hybridized carbons (Fsp3) is 0.462. The third kappa shape index (κ3) is 3.01. The average Bonchev–Trinajstić information content (AvgIpc) is 3.12. The molecule has 1 N–H and O–H groups in total. The molecule has 1 aliphatic heterocycles. The van der Waals surface area contributed by atoms with Crippen LogP contribution < -0.4 is 10.2 Å². The highest BCUT2D eigenvalue weighted by Crippen LogP contribution is 2.18. The molecule has 2 aromatic heterocycles. The normalized spacial score (nSPS) is 14.8. The van der Waals surface area contributed by atoms with Crippen molar-refractivity contribution in [2.24, 2.45) is 0 Å². The van der Waals surface area contributed by atoms with Crippen molar-refractivity contribution in [2.75, 3.05) is 29.9 Å². The molecular formula is C13H18N6. The van der Waals surface area contributed by atoms with Gasteiger partial charge in [-0.3, -0.25) is 4.68 Å². The molecule has 0 aliphatic carbocycles. The molecule has 0 saturated carbocycles. The highest BCUT2D eigenvalue weighted by Gasteiger charge is 2.13. The first-order valence-electron chi connectivity index (χ1n) is 6.70. The Hall–Kier alpha value is -2.11. The van der Waals surface area contributed by atoms with Gasteiger partial charge in [0, 0.05) is 38.1 Å². The number of aromatic nitrogens is 4. The molecule has 0 atom stereocenters. The summed E-state index contributed by atoms with van der Waals surface area (Å²) in [5.74, 6) is 1.90. The van der Waals surface area contributed by atoms with E-state index in [-0.39, 0.29) is 0 Å². The fourth-order valence-electron chi connectivity index (χ4n) is 2.29. The van der Waals surface area contributed by atoms with E-state index in [4.69, 9.17) is 0 Å². The minimum Gasteiger partial charge on any atom is -0.368 e. The summed E-state index contributed by atoms with van der Waals surface area (Å²) < 4.78 is 1.90. The van der Waals surface area contributed by atoms with E-state index in [9.17, 15) is 0 Å². The first-order chi connectivity index (χ1) is 9.42. The van der Waals surface area contributed by atoms with Crippen molar-refractivity contribution in [3.63, 3.8) is 0 Å². The second kappa shape index (κ2) is 5.69. The van der Waals surface area contributed by atoms with Crippen molar-refractivity contribution in [2.45, 2.75) is 19.4 Å². The van der Waals surface area contributed by atoms with Gasteiger partial charge < -0.3 is 10.2 Å². The molecule has 19 heavy (non-hydrogen) atoms. The van der Waals surface area contributed by atoms with E-state index in [0.29, 0.717) is 0 Å². The van der Waals surface area contributed by atoms with Crippen molar-refractivity contribution >= 4 is 11.6 Å². The molecule has 0 unspecified atom stereocenters. The zero-order valence-corrected chi connectivity index (χ0v) is 10.9. The average molecular weight is 258 g/mol. The molecular weight excluding hydrogens is 240 g/mol. The van der Waals surface area contributed by atoms with Crippen LogP contribution in [-0.2, 0) is 6.54 Å². The van der Waals surface area contributed by atoms with Crippen molar-refractivity contribution in [3.05, 3.63) is 30.9 Å². The SMILES string of the molecule is c1cnn(CCNc2cc(N3CCCC3)ncn2)c1. The predicted molar refractivity (Wildman–Crippen MR) is 74.2 cm³/mol. The highest BCUT2D eigenvalue weighted by atomic mass is 15.3. The standard InChI is InChI=1S/C13H18N6/c1-2-7-18(6-1)13-10-12(15-11-16-13)14-5-9-19-8-3-4-17-19/h3-4,8,10-11H,1-2,5-7,9H2,(H,14,15,16). The van der Waals surface area contributed by atoms with Crippen molar-refractivity contribution < 1.29 is 0 Å². The Labute approximate surface area is 112 Å². The summed E-state index contributed by atoms with van der Waals surface area (Å²) in [6.07, 6.45) is 7.88. The quantitative estimate of drug-likeness (QED) is 0.878. The van der Waals surface area contributed by atoms with Crippen LogP contribution in [0.25, 0.3) is 0 Å². The Kier molecular flexibility index (Phi) is 3.58. The number of rotatable bonds is 5. The molecule has 0 amide bonds. The van der Waals surface area contributed by atoms with Crippen LogP contribution in [-0.4, -0.2) is 39.4 Å². The molecule has 100 valence electrons. The molecule has 0 spiro atoms. The van der Waals surface area contributed by atoms with Gasteiger partial charge in [0.1, 0.15) is 18.0 Å². The lowest BCUT2D eigenvalue weighted by molar-refractivity contribution is 0.637. The zero-order chi connectivity index (χ0) is 12.9. The van der Waals surface area contributed by atoms with Crippen LogP contribution in [0.5, 0.6) is 0 Å². The lowest BCUT2D eigenvalue weighted by Gasteiger charge is -2.16. The van der Waals surface area contributed by atoms with Gasteiger partial charge in [0.25, 0.3) is 0 Å². The topological polar surface area (TPSA) is 58.9 Å². The summed E-state index contributed by atoms with van der Waals surface area (Å²) in [7, 11) is 0. The van der Waals surface area contributed by atoms with E-state index < -0.39 is 0 Å². The Balaban J connectivity index is 1.56. The number of nitrogens with one attached hydrogen (secondary N) is 1. The zero-order valence-electron chi connectivity index (χ0n) is 10.9. The molecule has 1 saturated heterocycles. The fourth-order valence-corrected chi connectivity index (χ4v) is 2.29. The van der Waals surface area contributed by atoms with Gasteiger partial charge in [0.15, 0.2) is 0 Å². The van der Waals surface area contributed by atoms with Gasteiger partial charge in [-0.15, -0.1) is 0 Å². The van der Waals surface area contributed by atoms with Crippen LogP contribution in [0.1, 0.15) is 12.8 Å². The minimum atomic E-state index is 0.804. The number of anilines is 2. The van der Waals surface area contributed by atoms with Gasteiger partial charge >= 0.3 is 0 Å². The lowest BCUT2D eigenvalue weighted by atomic mass is 10.4. The minimum absolute atomic E-state index is 0.804. The maximum Gasteiger partial charge on any atom is 0.134 e. The Morgan fingerprint density at radius 1 is 1.21 bits per heavy atom. The smallest absolute Gasteiger partial charge is 0.134 e. The molecule has 0 radical (unpaired) electrons. The van der Waals surface area contributed by atoms with Crippen LogP contribution in [0.3, 0.4) is 0 Å². The Bertz CT molecular complexity index is 504. The van der Waals surface area contributed by atoms with E-state index in [1.54, 1.807) is 12.5 Å². The molecule has 3 heterocycles. The molecule has 1 fully saturated rings. The first kappa shape index (κ1) is 12.0. The second-order valence-corrected chi connectivity index (χ2v) is 4.65. The largest absolute Gasteiger partial charge is 0.368 e. The van der Waals surface area contributed by atoms with Gasteiger partial charge in [-0.05, 0) is 18.9 Å². The van der Waals surface area contributed by atoms with E-state index in [1.165, 1.54) is 12.8 Å². The molecule has 6 heteroatoms. The van der Waals surface area contributed by atoms with E-state index >= 15 is 0 Å². The lowest BCUT2D eigenvalue weighted by Crippen LogP contribution is -2.19. The summed E-state index contributed by atoms with van der Waals surface area (Å²) in [6, 6.07) is 3.95. The van der Waals surface area contributed by atoms with E-state index in [2.05, 4.69) is 25.3 Å². The van der Waals surface area contributed by atoms with Crippen LogP contribution in [0.4, 0.5) is 11.6 Å². The summed E-state index contributed by atoms with van der Waals surface area (Å²) in [6.45, 7) is 3.83. The number of hydrogen-bond acceptors (Lipinski definition) is 5. The monoisotopic (exact) mass is 258 g/mol. The maximum absolute atomic E-state index is 4.34. The van der Waals surface area contributed by atoms with Crippen LogP contribution >= 0.6 is 0 Å². The second-order valence-electron chi connectivity index (χ2n) is 4.65. The molecule has 6 nitrogen and oxygen atoms in total. The van der Waals surface area contributed by atoms with Crippen molar-refractivity contribution in [1.82, 2.24) is 19.7 Å². The summed E-state index contributed by atoms with van der Waals surface area (Å²) >= 11 is 0. The molecule has 0 bridgehead atoms. The van der Waals surface area contributed by atoms with Crippen LogP contribution in [0.15, 0.2) is 30.9 Å².